The highest BCUT2D eigenvalue weighted by Gasteiger charge is 2.08. The first-order valence-corrected chi connectivity index (χ1v) is 10.4. The first-order chi connectivity index (χ1) is 16.3. The molecule has 0 aliphatic heterocycles. The molecule has 0 amide bonds. The van der Waals surface area contributed by atoms with Crippen LogP contribution in [0.3, 0.4) is 0 Å². The van der Waals surface area contributed by atoms with Crippen molar-refractivity contribution in [1.82, 2.24) is 0 Å². The van der Waals surface area contributed by atoms with Crippen LogP contribution >= 0.6 is 0 Å². The van der Waals surface area contributed by atoms with E-state index in [1.807, 2.05) is 48.6 Å². The van der Waals surface area contributed by atoms with E-state index in [0.29, 0.717) is 11.3 Å². The molecule has 0 bridgehead atoms. The Morgan fingerprint density at radius 2 is 1.26 bits per heavy atom. The van der Waals surface area contributed by atoms with E-state index >= 15 is 0 Å². The zero-order chi connectivity index (χ0) is 24.5. The van der Waals surface area contributed by atoms with Gasteiger partial charge >= 0.3 is 11.9 Å². The third-order valence-corrected chi connectivity index (χ3v) is 4.66. The standard InChI is InChI=1S/C29H23FO4/c1-4-28(31)33-25-16-12-23(13-17-25)10-7-21-5-8-22(9-6-21)11-14-24-15-18-26(19-27(24)30)34-29(32)20(2)3/h4-19H,1-2H2,3H3/b10-7+,14-11+. The van der Waals surface area contributed by atoms with Gasteiger partial charge in [-0.25, -0.2) is 14.0 Å². The minimum absolute atomic E-state index is 0.131. The average Bonchev–Trinajstić information content (AvgIpc) is 2.83. The highest BCUT2D eigenvalue weighted by atomic mass is 19.1. The van der Waals surface area contributed by atoms with Crippen LogP contribution in [-0.2, 0) is 9.59 Å². The summed E-state index contributed by atoms with van der Waals surface area (Å²) in [4.78, 5) is 22.8. The summed E-state index contributed by atoms with van der Waals surface area (Å²) in [6.07, 6.45) is 8.48. The van der Waals surface area contributed by atoms with Crippen LogP contribution in [0.15, 0.2) is 91.5 Å². The van der Waals surface area contributed by atoms with Crippen molar-refractivity contribution < 1.29 is 23.5 Å². The second-order valence-corrected chi connectivity index (χ2v) is 7.38. The van der Waals surface area contributed by atoms with Crippen LogP contribution in [0.1, 0.15) is 29.2 Å². The molecule has 0 radical (unpaired) electrons. The predicted octanol–water partition coefficient (Wildman–Crippen LogP) is 6.74. The Morgan fingerprint density at radius 3 is 1.76 bits per heavy atom. The Morgan fingerprint density at radius 1 is 0.765 bits per heavy atom. The molecule has 0 unspecified atom stereocenters. The zero-order valence-corrected chi connectivity index (χ0v) is 18.7. The zero-order valence-electron chi connectivity index (χ0n) is 18.7. The molecule has 0 aromatic heterocycles. The molecule has 170 valence electrons. The van der Waals surface area contributed by atoms with Crippen molar-refractivity contribution in [3.8, 4) is 11.5 Å². The number of hydrogen-bond donors (Lipinski definition) is 0. The van der Waals surface area contributed by atoms with Gasteiger partial charge in [0.25, 0.3) is 0 Å². The van der Waals surface area contributed by atoms with Crippen molar-refractivity contribution in [2.75, 3.05) is 0 Å². The third kappa shape index (κ3) is 7.00. The van der Waals surface area contributed by atoms with Crippen molar-refractivity contribution in [1.29, 1.82) is 0 Å². The smallest absolute Gasteiger partial charge is 0.338 e. The second kappa shape index (κ2) is 11.4. The fourth-order valence-electron chi connectivity index (χ4n) is 2.80. The SMILES string of the molecule is C=CC(=O)Oc1ccc(/C=C/c2ccc(/C=C/c3ccc(OC(=O)C(=C)C)cc3F)cc2)cc1. The summed E-state index contributed by atoms with van der Waals surface area (Å²) < 4.78 is 24.4. The number of halogens is 1. The molecule has 3 rings (SSSR count). The van der Waals surface area contributed by atoms with Crippen molar-refractivity contribution in [2.24, 2.45) is 0 Å². The van der Waals surface area contributed by atoms with Crippen LogP contribution in [0.2, 0.25) is 0 Å². The van der Waals surface area contributed by atoms with Crippen molar-refractivity contribution in [2.45, 2.75) is 6.92 Å². The molecule has 34 heavy (non-hydrogen) atoms. The van der Waals surface area contributed by atoms with Crippen LogP contribution < -0.4 is 9.47 Å². The highest BCUT2D eigenvalue weighted by molar-refractivity contribution is 5.88. The van der Waals surface area contributed by atoms with Crippen LogP contribution in [-0.4, -0.2) is 11.9 Å². The van der Waals surface area contributed by atoms with Gasteiger partial charge in [-0.15, -0.1) is 0 Å². The molecule has 5 heteroatoms. The molecule has 4 nitrogen and oxygen atoms in total. The second-order valence-electron chi connectivity index (χ2n) is 7.38. The van der Waals surface area contributed by atoms with Crippen LogP contribution in [0.4, 0.5) is 4.39 Å². The van der Waals surface area contributed by atoms with E-state index in [2.05, 4.69) is 13.2 Å². The van der Waals surface area contributed by atoms with Gasteiger partial charge in [-0.3, -0.25) is 0 Å². The molecule has 0 fully saturated rings. The summed E-state index contributed by atoms with van der Waals surface area (Å²) in [6, 6.07) is 19.1. The van der Waals surface area contributed by atoms with E-state index in [9.17, 15) is 14.0 Å². The molecular weight excluding hydrogens is 431 g/mol. The van der Waals surface area contributed by atoms with E-state index < -0.39 is 17.8 Å². The monoisotopic (exact) mass is 454 g/mol. The van der Waals surface area contributed by atoms with Crippen LogP contribution in [0.25, 0.3) is 24.3 Å². The van der Waals surface area contributed by atoms with E-state index in [4.69, 9.17) is 9.47 Å². The number of ether oxygens (including phenoxy) is 2. The summed E-state index contributed by atoms with van der Waals surface area (Å²) in [7, 11) is 0. The largest absolute Gasteiger partial charge is 0.423 e. The maximum absolute atomic E-state index is 14.3. The lowest BCUT2D eigenvalue weighted by molar-refractivity contribution is -0.130. The lowest BCUT2D eigenvalue weighted by Crippen LogP contribution is -2.08. The van der Waals surface area contributed by atoms with Gasteiger partial charge in [-0.05, 0) is 47.9 Å². The fraction of sp³-hybridized carbons (Fsp3) is 0.0345. The number of hydrogen-bond acceptors (Lipinski definition) is 4. The quantitative estimate of drug-likeness (QED) is 0.164. The Balaban J connectivity index is 1.61. The topological polar surface area (TPSA) is 52.6 Å². The van der Waals surface area contributed by atoms with Gasteiger partial charge in [-0.2, -0.15) is 0 Å². The lowest BCUT2D eigenvalue weighted by Gasteiger charge is -2.05. The van der Waals surface area contributed by atoms with Crippen LogP contribution in [0.5, 0.6) is 11.5 Å². The summed E-state index contributed by atoms with van der Waals surface area (Å²) in [5, 5.41) is 0. The van der Waals surface area contributed by atoms with Gasteiger partial charge in [0, 0.05) is 23.3 Å². The van der Waals surface area contributed by atoms with Gasteiger partial charge in [0.2, 0.25) is 0 Å². The van der Waals surface area contributed by atoms with Crippen molar-refractivity contribution in [3.63, 3.8) is 0 Å². The highest BCUT2D eigenvalue weighted by Crippen LogP contribution is 2.20. The minimum Gasteiger partial charge on any atom is -0.423 e. The molecule has 0 aliphatic rings. The number of rotatable bonds is 8. The molecule has 0 atom stereocenters. The van der Waals surface area contributed by atoms with Crippen molar-refractivity contribution in [3.05, 3.63) is 120 Å². The molecule has 0 spiro atoms. The van der Waals surface area contributed by atoms with Gasteiger partial charge in [0.05, 0.1) is 0 Å². The van der Waals surface area contributed by atoms with Gasteiger partial charge in [-0.1, -0.05) is 73.9 Å². The molecule has 0 aliphatic carbocycles. The maximum Gasteiger partial charge on any atom is 0.338 e. The van der Waals surface area contributed by atoms with E-state index in [-0.39, 0.29) is 11.3 Å². The number of benzene rings is 3. The first kappa shape index (κ1) is 24.1. The molecule has 3 aromatic rings. The number of carbonyl (C=O) groups is 2. The summed E-state index contributed by atoms with van der Waals surface area (Å²) in [6.45, 7) is 8.39. The van der Waals surface area contributed by atoms with Gasteiger partial charge in [0.15, 0.2) is 0 Å². The summed E-state index contributed by atoms with van der Waals surface area (Å²) >= 11 is 0. The molecular formula is C29H23FO4. The van der Waals surface area contributed by atoms with E-state index in [0.717, 1.165) is 22.8 Å². The normalized spacial score (nSPS) is 10.9. The van der Waals surface area contributed by atoms with Crippen LogP contribution in [0, 0.1) is 5.82 Å². The maximum atomic E-state index is 14.3. The molecule has 3 aromatic carbocycles. The molecule has 0 saturated carbocycles. The molecule has 0 heterocycles. The Kier molecular flexibility index (Phi) is 8.08. The lowest BCUT2D eigenvalue weighted by atomic mass is 10.1. The molecule has 0 N–H and O–H groups in total. The average molecular weight is 454 g/mol. The number of carbonyl (C=O) groups excluding carboxylic acids is 2. The Hall–Kier alpha value is -4.51. The minimum atomic E-state index is -0.595. The van der Waals surface area contributed by atoms with E-state index in [1.165, 1.54) is 19.1 Å². The third-order valence-electron chi connectivity index (χ3n) is 4.66. The van der Waals surface area contributed by atoms with Crippen molar-refractivity contribution >= 4 is 36.2 Å². The van der Waals surface area contributed by atoms with E-state index in [1.54, 1.807) is 30.4 Å². The summed E-state index contributed by atoms with van der Waals surface area (Å²) in [5.41, 5.74) is 3.47. The first-order valence-electron chi connectivity index (χ1n) is 10.4. The predicted molar refractivity (Wildman–Crippen MR) is 133 cm³/mol. The van der Waals surface area contributed by atoms with Gasteiger partial charge in [0.1, 0.15) is 17.3 Å². The Labute approximate surface area is 198 Å². The summed E-state index contributed by atoms with van der Waals surface area (Å²) in [5.74, 6) is -0.999. The van der Waals surface area contributed by atoms with Gasteiger partial charge < -0.3 is 9.47 Å². The fourth-order valence-corrected chi connectivity index (χ4v) is 2.80. The molecule has 0 saturated heterocycles. The Bertz CT molecular complexity index is 1270. The number of esters is 2.